The van der Waals surface area contributed by atoms with Crippen molar-refractivity contribution in [2.45, 2.75) is 30.1 Å². The van der Waals surface area contributed by atoms with Crippen molar-refractivity contribution >= 4 is 26.7 Å². The topological polar surface area (TPSA) is 124 Å². The number of hydrogen-bond donors (Lipinski definition) is 1. The number of Topliss-reactive ketones (excluding diaryl/α,β-unsaturated/α-hetero) is 1. The first-order valence-electron chi connectivity index (χ1n) is 9.95. The number of H-pyrrole nitrogens is 1. The monoisotopic (exact) mass is 436 g/mol. The Bertz CT molecular complexity index is 1330. The Morgan fingerprint density at radius 1 is 1.06 bits per heavy atom. The number of carbonyl (C=O) groups is 1. The van der Waals surface area contributed by atoms with Crippen LogP contribution in [0.1, 0.15) is 41.4 Å². The first kappa shape index (κ1) is 20.9. The van der Waals surface area contributed by atoms with Gasteiger partial charge in [-0.1, -0.05) is 30.7 Å². The zero-order valence-corrected chi connectivity index (χ0v) is 17.4. The SMILES string of the molecule is N#C[C@@H](C(=O)c1ccc(S(=O)(=O)N2CCCCC2)cc1)c1nc2ccccc2c(=O)[nH]1. The molecule has 2 heterocycles. The molecule has 3 aromatic rings. The zero-order chi connectivity index (χ0) is 22.0. The van der Waals surface area contributed by atoms with Crippen molar-refractivity contribution < 1.29 is 13.2 Å². The van der Waals surface area contributed by atoms with Crippen LogP contribution >= 0.6 is 0 Å². The molecule has 9 heteroatoms. The predicted molar refractivity (Wildman–Crippen MR) is 114 cm³/mol. The van der Waals surface area contributed by atoms with Crippen LogP contribution in [-0.4, -0.2) is 41.6 Å². The lowest BCUT2D eigenvalue weighted by atomic mass is 9.98. The average molecular weight is 436 g/mol. The summed E-state index contributed by atoms with van der Waals surface area (Å²) in [6.07, 6.45) is 2.67. The minimum absolute atomic E-state index is 0.0405. The second-order valence-electron chi connectivity index (χ2n) is 7.38. The number of nitriles is 1. The zero-order valence-electron chi connectivity index (χ0n) is 16.6. The summed E-state index contributed by atoms with van der Waals surface area (Å²) in [6, 6.07) is 14.1. The molecule has 0 radical (unpaired) electrons. The summed E-state index contributed by atoms with van der Waals surface area (Å²) in [5, 5.41) is 9.96. The van der Waals surface area contributed by atoms with Crippen LogP contribution in [0.4, 0.5) is 0 Å². The lowest BCUT2D eigenvalue weighted by molar-refractivity contribution is 0.0976. The molecule has 0 bridgehead atoms. The van der Waals surface area contributed by atoms with E-state index in [9.17, 15) is 23.3 Å². The molecule has 2 aromatic carbocycles. The van der Waals surface area contributed by atoms with E-state index in [2.05, 4.69) is 9.97 Å². The predicted octanol–water partition coefficient (Wildman–Crippen LogP) is 2.59. The van der Waals surface area contributed by atoms with Crippen molar-refractivity contribution in [2.24, 2.45) is 0 Å². The van der Waals surface area contributed by atoms with Gasteiger partial charge in [0.1, 0.15) is 5.82 Å². The molecule has 0 aliphatic carbocycles. The quantitative estimate of drug-likeness (QED) is 0.613. The third kappa shape index (κ3) is 4.00. The Morgan fingerprint density at radius 2 is 1.74 bits per heavy atom. The minimum Gasteiger partial charge on any atom is -0.308 e. The largest absolute Gasteiger partial charge is 0.308 e. The second kappa shape index (κ2) is 8.41. The highest BCUT2D eigenvalue weighted by Gasteiger charge is 2.28. The van der Waals surface area contributed by atoms with Crippen molar-refractivity contribution in [1.29, 1.82) is 5.26 Å². The highest BCUT2D eigenvalue weighted by molar-refractivity contribution is 7.89. The van der Waals surface area contributed by atoms with Gasteiger partial charge in [-0.05, 0) is 37.1 Å². The standard InChI is InChI=1S/C22H20N4O4S/c23-14-18(21-24-19-7-3-2-6-17(19)22(28)25-21)20(27)15-8-10-16(11-9-15)31(29,30)26-12-4-1-5-13-26/h2-3,6-11,18H,1,4-5,12-13H2,(H,24,25,28)/t18-/m0/s1. The smallest absolute Gasteiger partial charge is 0.258 e. The maximum Gasteiger partial charge on any atom is 0.258 e. The molecule has 1 atom stereocenters. The van der Waals surface area contributed by atoms with Crippen LogP contribution in [0.15, 0.2) is 58.2 Å². The first-order chi connectivity index (χ1) is 14.9. The molecule has 1 fully saturated rings. The van der Waals surface area contributed by atoms with E-state index in [4.69, 9.17) is 0 Å². The Labute approximate surface area is 179 Å². The molecule has 0 unspecified atom stereocenters. The Hall–Kier alpha value is -3.35. The molecule has 0 saturated carbocycles. The van der Waals surface area contributed by atoms with Crippen molar-refractivity contribution in [3.63, 3.8) is 0 Å². The fraction of sp³-hybridized carbons (Fsp3) is 0.273. The number of ketones is 1. The van der Waals surface area contributed by atoms with Crippen LogP contribution in [0.5, 0.6) is 0 Å². The van der Waals surface area contributed by atoms with E-state index in [1.54, 1.807) is 24.3 Å². The number of piperidine rings is 1. The van der Waals surface area contributed by atoms with Gasteiger partial charge in [0.05, 0.1) is 21.9 Å². The van der Waals surface area contributed by atoms with Gasteiger partial charge in [-0.3, -0.25) is 9.59 Å². The van der Waals surface area contributed by atoms with Gasteiger partial charge in [0.2, 0.25) is 10.0 Å². The number of sulfonamides is 1. The molecular formula is C22H20N4O4S. The van der Waals surface area contributed by atoms with Crippen molar-refractivity contribution in [3.05, 3.63) is 70.3 Å². The number of aromatic amines is 1. The maximum absolute atomic E-state index is 12.9. The number of nitrogens with one attached hydrogen (secondary N) is 1. The maximum atomic E-state index is 12.9. The van der Waals surface area contributed by atoms with E-state index in [0.717, 1.165) is 19.3 Å². The molecule has 8 nitrogen and oxygen atoms in total. The third-order valence-corrected chi connectivity index (χ3v) is 7.30. The number of benzene rings is 2. The molecule has 0 amide bonds. The van der Waals surface area contributed by atoms with Gasteiger partial charge in [-0.25, -0.2) is 13.4 Å². The number of nitrogens with zero attached hydrogens (tertiary/aromatic N) is 3. The summed E-state index contributed by atoms with van der Waals surface area (Å²) in [6.45, 7) is 0.973. The Kier molecular flexibility index (Phi) is 5.67. The molecule has 31 heavy (non-hydrogen) atoms. The number of carbonyl (C=O) groups excluding carboxylic acids is 1. The summed E-state index contributed by atoms with van der Waals surface area (Å²) in [7, 11) is -3.62. The van der Waals surface area contributed by atoms with E-state index in [-0.39, 0.29) is 16.3 Å². The van der Waals surface area contributed by atoms with Crippen molar-refractivity contribution in [3.8, 4) is 6.07 Å². The molecule has 158 valence electrons. The number of aromatic nitrogens is 2. The van der Waals surface area contributed by atoms with Gasteiger partial charge in [-0.15, -0.1) is 0 Å². The van der Waals surface area contributed by atoms with Crippen LogP contribution < -0.4 is 5.56 Å². The molecule has 0 spiro atoms. The van der Waals surface area contributed by atoms with E-state index < -0.39 is 27.3 Å². The molecule has 1 aliphatic heterocycles. The summed E-state index contributed by atoms with van der Waals surface area (Å²) >= 11 is 0. The van der Waals surface area contributed by atoms with Crippen LogP contribution in [0.25, 0.3) is 10.9 Å². The number of fused-ring (bicyclic) bond motifs is 1. The van der Waals surface area contributed by atoms with Gasteiger partial charge in [0, 0.05) is 18.7 Å². The van der Waals surface area contributed by atoms with Crippen molar-refractivity contribution in [1.82, 2.24) is 14.3 Å². The van der Waals surface area contributed by atoms with Gasteiger partial charge in [0.25, 0.3) is 5.56 Å². The summed E-state index contributed by atoms with van der Waals surface area (Å²) in [5.74, 6) is -1.93. The molecule has 1 aromatic heterocycles. The summed E-state index contributed by atoms with van der Waals surface area (Å²) in [4.78, 5) is 32.1. The lowest BCUT2D eigenvalue weighted by Crippen LogP contribution is -2.35. The molecular weight excluding hydrogens is 416 g/mol. The first-order valence-corrected chi connectivity index (χ1v) is 11.4. The van der Waals surface area contributed by atoms with Crippen molar-refractivity contribution in [2.75, 3.05) is 13.1 Å². The number of rotatable bonds is 5. The van der Waals surface area contributed by atoms with E-state index in [1.165, 1.54) is 28.6 Å². The Balaban J connectivity index is 1.63. The third-order valence-electron chi connectivity index (χ3n) is 5.39. The van der Waals surface area contributed by atoms with Crippen LogP contribution in [0, 0.1) is 11.3 Å². The minimum atomic E-state index is -3.62. The van der Waals surface area contributed by atoms with Crippen LogP contribution in [-0.2, 0) is 10.0 Å². The summed E-state index contributed by atoms with van der Waals surface area (Å²) in [5.41, 5.74) is 0.119. The second-order valence-corrected chi connectivity index (χ2v) is 9.32. The lowest BCUT2D eigenvalue weighted by Gasteiger charge is -2.25. The van der Waals surface area contributed by atoms with Gasteiger partial charge < -0.3 is 4.98 Å². The average Bonchev–Trinajstić information content (AvgIpc) is 2.80. The molecule has 1 N–H and O–H groups in total. The Morgan fingerprint density at radius 3 is 2.42 bits per heavy atom. The normalized spacial score (nSPS) is 16.0. The number of para-hydroxylation sites is 1. The van der Waals surface area contributed by atoms with E-state index >= 15 is 0 Å². The van der Waals surface area contributed by atoms with Gasteiger partial charge in [-0.2, -0.15) is 9.57 Å². The van der Waals surface area contributed by atoms with Gasteiger partial charge in [0.15, 0.2) is 11.7 Å². The fourth-order valence-electron chi connectivity index (χ4n) is 3.70. The van der Waals surface area contributed by atoms with Crippen LogP contribution in [0.3, 0.4) is 0 Å². The van der Waals surface area contributed by atoms with Gasteiger partial charge >= 0.3 is 0 Å². The molecule has 4 rings (SSSR count). The van der Waals surface area contributed by atoms with Crippen LogP contribution in [0.2, 0.25) is 0 Å². The van der Waals surface area contributed by atoms with E-state index in [0.29, 0.717) is 24.0 Å². The fourth-order valence-corrected chi connectivity index (χ4v) is 5.21. The number of hydrogen-bond acceptors (Lipinski definition) is 6. The highest BCUT2D eigenvalue weighted by Crippen LogP contribution is 2.23. The summed E-state index contributed by atoms with van der Waals surface area (Å²) < 4.78 is 27.0. The molecule has 1 aliphatic rings. The highest BCUT2D eigenvalue weighted by atomic mass is 32.2. The molecule has 1 saturated heterocycles. The van der Waals surface area contributed by atoms with E-state index in [1.807, 2.05) is 6.07 Å².